The van der Waals surface area contributed by atoms with Gasteiger partial charge in [-0.05, 0) is 204 Å². The molecule has 0 aliphatic heterocycles. The first-order valence-electron chi connectivity index (χ1n) is 30.2. The summed E-state index contributed by atoms with van der Waals surface area (Å²) in [4.78, 5) is 2.14. The Morgan fingerprint density at radius 1 is 0.283 bits per heavy atom. The number of rotatable bonds is 15. The van der Waals surface area contributed by atoms with Crippen LogP contribution in [0.1, 0.15) is 55.6 Å². The fraction of sp³-hybridized carbons (Fsp3) is 0.0238. The third-order valence-corrected chi connectivity index (χ3v) is 18.0. The maximum absolute atomic E-state index is 17.4. The van der Waals surface area contributed by atoms with Crippen molar-refractivity contribution in [2.24, 2.45) is 0 Å². The second-order valence-corrected chi connectivity index (χ2v) is 23.1. The van der Waals surface area contributed by atoms with Crippen LogP contribution in [0.25, 0.3) is 56.7 Å². The Labute approximate surface area is 530 Å². The lowest BCUT2D eigenvalue weighted by Crippen LogP contribution is -2.30. The third-order valence-electron chi connectivity index (χ3n) is 18.0. The number of nitrogens with zero attached hydrogens (tertiary/aromatic N) is 1. The zero-order chi connectivity index (χ0) is 62.7. The lowest BCUT2D eigenvalue weighted by molar-refractivity contribution is 0.481. The van der Waals surface area contributed by atoms with Gasteiger partial charge in [0, 0.05) is 40.3 Å². The first kappa shape index (κ1) is 56.9. The van der Waals surface area contributed by atoms with E-state index in [1.807, 2.05) is 164 Å². The predicted molar refractivity (Wildman–Crippen MR) is 360 cm³/mol. The summed E-state index contributed by atoms with van der Waals surface area (Å²) < 4.78 is 92.3. The van der Waals surface area contributed by atoms with Gasteiger partial charge in [-0.2, -0.15) is 0 Å². The highest BCUT2D eigenvalue weighted by Crippen LogP contribution is 2.60. The molecule has 2 aliphatic carbocycles. The van der Waals surface area contributed by atoms with Crippen molar-refractivity contribution in [2.75, 3.05) is 4.90 Å². The van der Waals surface area contributed by atoms with Crippen molar-refractivity contribution in [2.45, 2.75) is 10.8 Å². The molecule has 15 rings (SSSR count). The van der Waals surface area contributed by atoms with Crippen LogP contribution in [-0.2, 0) is 10.8 Å². The zero-order valence-corrected chi connectivity index (χ0v) is 49.4. The van der Waals surface area contributed by atoms with Crippen molar-refractivity contribution in [3.63, 3.8) is 0 Å². The Balaban J connectivity index is 0.941. The minimum Gasteiger partial charge on any atom is -0.457 e. The number of hydrogen-bond acceptors (Lipinski definition) is 3. The molecule has 0 fully saturated rings. The molecule has 0 heterocycles. The summed E-state index contributed by atoms with van der Waals surface area (Å²) in [6.45, 7) is 7.76. The third kappa shape index (κ3) is 9.67. The van der Waals surface area contributed by atoms with Gasteiger partial charge in [0.25, 0.3) is 0 Å². The second-order valence-electron chi connectivity index (χ2n) is 23.1. The topological polar surface area (TPSA) is 21.7 Å². The number of anilines is 3. The van der Waals surface area contributed by atoms with E-state index in [-0.39, 0.29) is 16.9 Å². The van der Waals surface area contributed by atoms with E-state index in [1.54, 1.807) is 36.4 Å². The van der Waals surface area contributed by atoms with Crippen LogP contribution in [0.3, 0.4) is 0 Å². The normalized spacial score (nSPS) is 15.0. The van der Waals surface area contributed by atoms with E-state index in [4.69, 9.17) is 9.47 Å². The molecule has 442 valence electrons. The standard InChI is InChI=1S/C84H54F5NO2/c1-3-53-16-36-67(37-17-53)91-69-40-24-59(25-41-69)83(77-46-30-62(86)49-81(77)88)75-14-7-5-12-71(75)73-44-34-65(51-79(73)83)90(64-32-22-56(23-33-64)58-11-9-10-57(48-58)55-20-28-61(85)29-21-55)66-35-45-74-72-13-6-8-15-76(72)84(80(74)52-66,78-47-31-63(87)50-82(78)89)60-26-42-70(43-27-60)92-68-38-18-54(4-2)19-39-68/h3-52H,1-2H2. The van der Waals surface area contributed by atoms with Gasteiger partial charge in [0.1, 0.15) is 52.1 Å². The van der Waals surface area contributed by atoms with Gasteiger partial charge >= 0.3 is 0 Å². The molecule has 3 nitrogen and oxygen atoms in total. The Kier molecular flexibility index (Phi) is 14.3. The SMILES string of the molecule is C=Cc1ccc(Oc2ccc(C3(c4ccc(F)cc4F)c4ccccc4-c4ccc(N(c5ccc(-c6cccc(-c7ccc(F)cc7)c6)cc5)c5ccc6c(c5)C(c5ccc(Oc7ccc(C=C)cc7)cc5)(c5ccc(F)cc5F)c5ccccc5-6)cc43)cc2)cc1. The van der Waals surface area contributed by atoms with Crippen LogP contribution in [-0.4, -0.2) is 0 Å². The van der Waals surface area contributed by atoms with Gasteiger partial charge in [0.05, 0.1) is 10.8 Å². The fourth-order valence-electron chi connectivity index (χ4n) is 13.8. The summed E-state index contributed by atoms with van der Waals surface area (Å²) in [5.41, 5.74) is 13.4. The molecule has 13 aromatic rings. The summed E-state index contributed by atoms with van der Waals surface area (Å²) in [5, 5.41) is 0. The molecule has 0 spiro atoms. The van der Waals surface area contributed by atoms with E-state index in [1.165, 1.54) is 24.3 Å². The van der Waals surface area contributed by atoms with E-state index < -0.39 is 34.1 Å². The second kappa shape index (κ2) is 23.1. The highest BCUT2D eigenvalue weighted by Gasteiger charge is 2.50. The minimum absolute atomic E-state index is 0.248. The van der Waals surface area contributed by atoms with E-state index >= 15 is 17.6 Å². The van der Waals surface area contributed by atoms with Crippen LogP contribution in [0.5, 0.6) is 23.0 Å². The summed E-state index contributed by atoms with van der Waals surface area (Å²) >= 11 is 0. The fourth-order valence-corrected chi connectivity index (χ4v) is 13.8. The highest BCUT2D eigenvalue weighted by molar-refractivity contribution is 5.93. The largest absolute Gasteiger partial charge is 0.457 e. The number of hydrogen-bond donors (Lipinski definition) is 0. The highest BCUT2D eigenvalue weighted by atomic mass is 19.1. The lowest BCUT2D eigenvalue weighted by Gasteiger charge is -2.36. The minimum atomic E-state index is -1.35. The molecule has 8 heteroatoms. The molecule has 0 saturated heterocycles. The van der Waals surface area contributed by atoms with Gasteiger partial charge in [0.2, 0.25) is 0 Å². The first-order valence-corrected chi connectivity index (χ1v) is 30.2. The average Bonchev–Trinajstić information content (AvgIpc) is 1.52. The van der Waals surface area contributed by atoms with Gasteiger partial charge < -0.3 is 14.4 Å². The maximum Gasteiger partial charge on any atom is 0.130 e. The Bertz CT molecular complexity index is 4760. The molecule has 0 amide bonds. The molecule has 0 saturated carbocycles. The molecule has 0 bridgehead atoms. The maximum atomic E-state index is 17.4. The van der Waals surface area contributed by atoms with E-state index in [2.05, 4.69) is 84.8 Å². The Hall–Kier alpha value is -11.6. The van der Waals surface area contributed by atoms with Crippen LogP contribution >= 0.6 is 0 Å². The smallest absolute Gasteiger partial charge is 0.130 e. The molecule has 2 atom stereocenters. The van der Waals surface area contributed by atoms with Gasteiger partial charge in [-0.25, -0.2) is 22.0 Å². The number of fused-ring (bicyclic) bond motifs is 6. The first-order chi connectivity index (χ1) is 45.0. The van der Waals surface area contributed by atoms with E-state index in [0.717, 1.165) is 95.7 Å². The molecular formula is C84H54F5NO2. The van der Waals surface area contributed by atoms with Crippen molar-refractivity contribution >= 4 is 29.2 Å². The predicted octanol–water partition coefficient (Wildman–Crippen LogP) is 22.8. The average molecular weight is 1200 g/mol. The van der Waals surface area contributed by atoms with Gasteiger partial charge in [-0.3, -0.25) is 0 Å². The van der Waals surface area contributed by atoms with Crippen LogP contribution < -0.4 is 14.4 Å². The number of benzene rings is 13. The Morgan fingerprint density at radius 3 is 1.07 bits per heavy atom. The van der Waals surface area contributed by atoms with Crippen molar-refractivity contribution in [3.8, 4) is 67.5 Å². The molecular weight excluding hydrogens is 1150 g/mol. The van der Waals surface area contributed by atoms with Crippen LogP contribution in [0.2, 0.25) is 0 Å². The zero-order valence-electron chi connectivity index (χ0n) is 49.4. The summed E-state index contributed by atoms with van der Waals surface area (Å²) in [6, 6.07) is 89.1. The lowest BCUT2D eigenvalue weighted by atomic mass is 9.67. The van der Waals surface area contributed by atoms with E-state index in [9.17, 15) is 4.39 Å². The molecule has 0 N–H and O–H groups in total. The van der Waals surface area contributed by atoms with Crippen molar-refractivity contribution < 1.29 is 31.4 Å². The molecule has 0 radical (unpaired) electrons. The van der Waals surface area contributed by atoms with Crippen LogP contribution in [0.4, 0.5) is 39.0 Å². The molecule has 13 aromatic carbocycles. The summed E-state index contributed by atoms with van der Waals surface area (Å²) in [5.74, 6) is -0.812. The van der Waals surface area contributed by atoms with Gasteiger partial charge in [0.15, 0.2) is 0 Å². The van der Waals surface area contributed by atoms with Crippen molar-refractivity contribution in [3.05, 3.63) is 389 Å². The summed E-state index contributed by atoms with van der Waals surface area (Å²) in [7, 11) is 0. The number of halogens is 5. The van der Waals surface area contributed by atoms with Gasteiger partial charge in [-0.15, -0.1) is 0 Å². The monoisotopic (exact) mass is 1200 g/mol. The van der Waals surface area contributed by atoms with Crippen molar-refractivity contribution in [1.29, 1.82) is 0 Å². The molecule has 0 aromatic heterocycles. The van der Waals surface area contributed by atoms with E-state index in [0.29, 0.717) is 45.5 Å². The molecule has 92 heavy (non-hydrogen) atoms. The quantitative estimate of drug-likeness (QED) is 0.0955. The summed E-state index contributed by atoms with van der Waals surface area (Å²) in [6.07, 6.45) is 3.53. The van der Waals surface area contributed by atoms with Crippen LogP contribution in [0, 0.1) is 29.1 Å². The Morgan fingerprint density at radius 2 is 0.652 bits per heavy atom. The van der Waals surface area contributed by atoms with Gasteiger partial charge in [-0.1, -0.05) is 189 Å². The molecule has 2 aliphatic rings. The number of ether oxygens (including phenoxy) is 2. The van der Waals surface area contributed by atoms with Crippen LogP contribution in [0.15, 0.2) is 304 Å². The molecule has 2 unspecified atom stereocenters. The van der Waals surface area contributed by atoms with Crippen molar-refractivity contribution in [1.82, 2.24) is 0 Å².